The second-order valence-corrected chi connectivity index (χ2v) is 7.90. The Labute approximate surface area is 169 Å². The predicted molar refractivity (Wildman–Crippen MR) is 107 cm³/mol. The van der Waals surface area contributed by atoms with Crippen LogP contribution in [0, 0.1) is 0 Å². The van der Waals surface area contributed by atoms with Crippen molar-refractivity contribution in [3.8, 4) is 0 Å². The van der Waals surface area contributed by atoms with E-state index >= 15 is 0 Å². The Balaban J connectivity index is 0. The molecule has 0 fully saturated rings. The number of carboxylic acid groups (broad SMARTS) is 1. The summed E-state index contributed by atoms with van der Waals surface area (Å²) in [5, 5.41) is 7.60. The fourth-order valence-electron chi connectivity index (χ4n) is 2.80. The maximum Gasteiger partial charge on any atom is 0.317 e. The molecule has 3 nitrogen and oxygen atoms in total. The Morgan fingerprint density at radius 1 is 0.708 bits per heavy atom. The minimum absolute atomic E-state index is 0.278. The molecule has 24 heavy (non-hydrogen) atoms. The molecular weight excluding hydrogens is 309 g/mol. The van der Waals surface area contributed by atoms with E-state index in [0.717, 1.165) is 0 Å². The third-order valence-corrected chi connectivity index (χ3v) is 5.09. The molecule has 0 aromatic carbocycles. The molecule has 0 amide bonds. The van der Waals surface area contributed by atoms with Crippen molar-refractivity contribution in [1.82, 2.24) is 0 Å². The van der Waals surface area contributed by atoms with Gasteiger partial charge >= 0.3 is 108 Å². The molecule has 0 aromatic heterocycles. The average molecular weight is 352 g/mol. The number of hydrogen-bond donors (Lipinski definition) is 2. The summed E-state index contributed by atoms with van der Waals surface area (Å²) in [7, 11) is 0. The first kappa shape index (κ1) is 26.7. The second kappa shape index (κ2) is 25.7. The number of aliphatic carboxylic acids is 1. The summed E-state index contributed by atoms with van der Waals surface area (Å²) < 4.78 is 1.51. The first-order valence-electron chi connectivity index (χ1n) is 10.6. The molecule has 0 radical (unpaired) electrons. The Morgan fingerprint density at radius 2 is 0.958 bits per heavy atom. The summed E-state index contributed by atoms with van der Waals surface area (Å²) in [6.45, 7) is 2.02. The molecule has 0 heterocycles. The van der Waals surface area contributed by atoms with Gasteiger partial charge in [-0.2, -0.15) is 0 Å². The zero-order chi connectivity index (χ0) is 18.3. The minimum Gasteiger partial charge on any atom is -0.480 e. The Bertz CT molecular complexity index is 222. The van der Waals surface area contributed by atoms with Crippen LogP contribution >= 0.6 is 0 Å². The number of carboxylic acids is 1. The van der Waals surface area contributed by atoms with E-state index in [-0.39, 0.29) is 6.54 Å². The van der Waals surface area contributed by atoms with E-state index in [1.807, 2.05) is 0 Å². The van der Waals surface area contributed by atoms with E-state index in [2.05, 4.69) is 12.7 Å². The summed E-state index contributed by atoms with van der Waals surface area (Å²) in [6, 6.07) is 0. The molecule has 0 bridgehead atoms. The summed E-state index contributed by atoms with van der Waals surface area (Å²) in [6.07, 6.45) is 23.7. The van der Waals surface area contributed by atoms with Crippen LogP contribution in [0.5, 0.6) is 0 Å². The van der Waals surface area contributed by atoms with Crippen molar-refractivity contribution in [2.24, 2.45) is 5.73 Å². The Hall–Kier alpha value is 0.430. The monoisotopic (exact) mass is 351 g/mol. The zero-order valence-electron chi connectivity index (χ0n) is 16.7. The molecule has 0 aliphatic rings. The van der Waals surface area contributed by atoms with Gasteiger partial charge in [0.2, 0.25) is 0 Å². The molecule has 3 N–H and O–H groups in total. The van der Waals surface area contributed by atoms with Crippen LogP contribution in [0.4, 0.5) is 0 Å². The molecule has 4 heteroatoms. The van der Waals surface area contributed by atoms with Crippen LogP contribution in [0.15, 0.2) is 0 Å². The Morgan fingerprint density at radius 3 is 1.17 bits per heavy atom. The van der Waals surface area contributed by atoms with Crippen LogP contribution < -0.4 is 5.73 Å². The maximum atomic E-state index is 9.24. The van der Waals surface area contributed by atoms with Crippen LogP contribution in [0.25, 0.3) is 0 Å². The average Bonchev–Trinajstić information content (AvgIpc) is 2.59. The molecule has 0 aromatic rings. The first-order chi connectivity index (χ1) is 11.7. The van der Waals surface area contributed by atoms with Crippen molar-refractivity contribution in [3.63, 3.8) is 0 Å². The molecule has 0 spiro atoms. The third-order valence-electron chi connectivity index (χ3n) is 4.38. The summed E-state index contributed by atoms with van der Waals surface area (Å²) in [5.74, 6) is -0.968. The van der Waals surface area contributed by atoms with Gasteiger partial charge in [-0.1, -0.05) is 39.0 Å². The number of hydrogen-bond acceptors (Lipinski definition) is 2. The van der Waals surface area contributed by atoms with Gasteiger partial charge in [0.25, 0.3) is 0 Å². The van der Waals surface area contributed by atoms with Crippen molar-refractivity contribution in [2.45, 2.75) is 113 Å². The van der Waals surface area contributed by atoms with Gasteiger partial charge in [-0.15, -0.1) is 0 Å². The van der Waals surface area contributed by atoms with E-state index in [0.29, 0.717) is 0 Å². The van der Waals surface area contributed by atoms with E-state index < -0.39 is 5.97 Å². The van der Waals surface area contributed by atoms with E-state index in [1.54, 1.807) is 0 Å². The quantitative estimate of drug-likeness (QED) is 0.255. The van der Waals surface area contributed by atoms with Crippen molar-refractivity contribution in [3.05, 3.63) is 0 Å². The fraction of sp³-hybridized carbons (Fsp3) is 0.950. The number of nitrogens with two attached hydrogens (primary N) is 1. The van der Waals surface area contributed by atoms with Crippen LogP contribution in [0.3, 0.4) is 0 Å². The number of rotatable bonds is 17. The Kier molecular flexibility index (Phi) is 28.5. The van der Waals surface area contributed by atoms with Crippen molar-refractivity contribution < 1.29 is 9.90 Å². The van der Waals surface area contributed by atoms with Gasteiger partial charge < -0.3 is 10.8 Å². The standard InChI is InChI=1S/C18H37.C2H5NO2.Na/c1-3-5-7-9-11-13-15-17-18-16-14-12-10-8-6-4-2;3-1-2(4)5;/h1,3-18H2,2H3;1,3H2,(H,4,5);. The van der Waals surface area contributed by atoms with Crippen molar-refractivity contribution in [1.29, 1.82) is 0 Å². The van der Waals surface area contributed by atoms with Crippen LogP contribution in [-0.2, 0) is 4.79 Å². The molecule has 0 atom stereocenters. The zero-order valence-corrected chi connectivity index (χ0v) is 18.7. The summed E-state index contributed by atoms with van der Waals surface area (Å²) >= 11 is 1.41. The third kappa shape index (κ3) is 30.3. The van der Waals surface area contributed by atoms with E-state index in [1.165, 1.54) is 134 Å². The number of unbranched alkanes of at least 4 members (excludes halogenated alkanes) is 15. The van der Waals surface area contributed by atoms with Crippen molar-refractivity contribution in [2.75, 3.05) is 6.54 Å². The minimum atomic E-state index is -0.968. The van der Waals surface area contributed by atoms with Gasteiger partial charge in [-0.25, -0.2) is 0 Å². The number of carbonyl (C=O) groups is 1. The summed E-state index contributed by atoms with van der Waals surface area (Å²) in [4.78, 5) is 9.24. The molecule has 0 saturated carbocycles. The van der Waals surface area contributed by atoms with Gasteiger partial charge in [0, 0.05) is 0 Å². The topological polar surface area (TPSA) is 63.3 Å². The SMILES string of the molecule is CCCCCCCCCCCCCCCCC[CH2][Na].NCC(=O)O. The van der Waals surface area contributed by atoms with Gasteiger partial charge in [0.05, 0.1) is 6.54 Å². The van der Waals surface area contributed by atoms with Crippen LogP contribution in [0.2, 0.25) is 3.67 Å². The second-order valence-electron chi connectivity index (χ2n) is 6.90. The van der Waals surface area contributed by atoms with E-state index in [4.69, 9.17) is 5.11 Å². The molecular formula is C20H42NNaO2. The predicted octanol–water partition coefficient (Wildman–Crippen LogP) is 5.86. The molecule has 0 rings (SSSR count). The molecule has 0 unspecified atom stereocenters. The maximum absolute atomic E-state index is 9.24. The van der Waals surface area contributed by atoms with Gasteiger partial charge in [-0.05, 0) is 0 Å². The molecule has 0 aliphatic carbocycles. The smallest absolute Gasteiger partial charge is 0.317 e. The first-order valence-corrected chi connectivity index (χ1v) is 12.0. The van der Waals surface area contributed by atoms with Crippen LogP contribution in [0.1, 0.15) is 110 Å². The van der Waals surface area contributed by atoms with Crippen molar-refractivity contribution >= 4 is 33.9 Å². The fourth-order valence-corrected chi connectivity index (χ4v) is 3.30. The van der Waals surface area contributed by atoms with E-state index in [9.17, 15) is 4.79 Å². The van der Waals surface area contributed by atoms with Gasteiger partial charge in [-0.3, -0.25) is 4.79 Å². The van der Waals surface area contributed by atoms with Crippen LogP contribution in [-0.4, -0.2) is 45.6 Å². The van der Waals surface area contributed by atoms with Gasteiger partial charge in [0.15, 0.2) is 0 Å². The molecule has 0 saturated heterocycles. The van der Waals surface area contributed by atoms with Gasteiger partial charge in [0.1, 0.15) is 0 Å². The molecule has 140 valence electrons. The molecule has 0 aliphatic heterocycles. The largest absolute Gasteiger partial charge is 0.480 e. The summed E-state index contributed by atoms with van der Waals surface area (Å²) in [5.41, 5.74) is 4.57. The normalized spacial score (nSPS) is 10.3.